The molecule has 4 heteroatoms. The van der Waals surface area contributed by atoms with Crippen LogP contribution in [-0.4, -0.2) is 11.0 Å². The molecule has 2 heterocycles. The number of rotatable bonds is 4. The summed E-state index contributed by atoms with van der Waals surface area (Å²) in [5.41, 5.74) is 6.95. The minimum atomic E-state index is -0.150. The number of fused-ring (bicyclic) bond motifs is 1. The molecule has 0 saturated heterocycles. The quantitative estimate of drug-likeness (QED) is 0.793. The van der Waals surface area contributed by atoms with Crippen molar-refractivity contribution < 1.29 is 4.74 Å². The molecule has 20 heavy (non-hydrogen) atoms. The van der Waals surface area contributed by atoms with Crippen molar-refractivity contribution in [3.05, 3.63) is 58.9 Å². The highest BCUT2D eigenvalue weighted by molar-refractivity contribution is 7.10. The van der Waals surface area contributed by atoms with E-state index in [1.54, 1.807) is 17.5 Å². The van der Waals surface area contributed by atoms with Gasteiger partial charge in [-0.2, -0.15) is 0 Å². The van der Waals surface area contributed by atoms with Crippen molar-refractivity contribution in [3.63, 3.8) is 0 Å². The van der Waals surface area contributed by atoms with Crippen LogP contribution in [0.15, 0.2) is 54.0 Å². The van der Waals surface area contributed by atoms with E-state index in [0.717, 1.165) is 21.5 Å². The highest BCUT2D eigenvalue weighted by atomic mass is 32.1. The molecule has 3 nitrogen and oxygen atoms in total. The van der Waals surface area contributed by atoms with Crippen LogP contribution in [0.5, 0.6) is 5.75 Å². The molecule has 0 saturated carbocycles. The van der Waals surface area contributed by atoms with Crippen LogP contribution >= 0.6 is 11.3 Å². The first kappa shape index (κ1) is 13.1. The van der Waals surface area contributed by atoms with Gasteiger partial charge in [-0.05, 0) is 30.5 Å². The van der Waals surface area contributed by atoms with Gasteiger partial charge in [-0.3, -0.25) is 4.98 Å². The molecule has 0 aliphatic heterocycles. The SMILES string of the molecule is CC(N)C(Oc1cccc2cccnc12)c1cccs1. The monoisotopic (exact) mass is 284 g/mol. The zero-order chi connectivity index (χ0) is 13.9. The number of aromatic nitrogens is 1. The molecule has 2 unspecified atom stereocenters. The Labute approximate surface area is 122 Å². The highest BCUT2D eigenvalue weighted by Crippen LogP contribution is 2.31. The molecule has 0 aliphatic rings. The summed E-state index contributed by atoms with van der Waals surface area (Å²) in [5.74, 6) is 0.777. The maximum Gasteiger partial charge on any atom is 0.148 e. The van der Waals surface area contributed by atoms with E-state index >= 15 is 0 Å². The molecule has 2 aromatic heterocycles. The van der Waals surface area contributed by atoms with Gasteiger partial charge in [0.25, 0.3) is 0 Å². The van der Waals surface area contributed by atoms with Crippen molar-refractivity contribution >= 4 is 22.2 Å². The number of nitrogens with two attached hydrogens (primary N) is 1. The van der Waals surface area contributed by atoms with E-state index in [9.17, 15) is 0 Å². The summed E-state index contributed by atoms with van der Waals surface area (Å²) in [5, 5.41) is 3.11. The first-order valence-corrected chi connectivity index (χ1v) is 7.43. The maximum absolute atomic E-state index is 6.16. The third-order valence-electron chi connectivity index (χ3n) is 3.15. The van der Waals surface area contributed by atoms with Crippen LogP contribution in [0, 0.1) is 0 Å². The fourth-order valence-electron chi connectivity index (χ4n) is 2.19. The molecule has 0 bridgehead atoms. The van der Waals surface area contributed by atoms with Crippen LogP contribution in [0.1, 0.15) is 17.9 Å². The standard InChI is InChI=1S/C16H16N2OS/c1-11(17)16(14-8-4-10-20-14)19-13-7-2-5-12-6-3-9-18-15(12)13/h2-11,16H,17H2,1H3. The van der Waals surface area contributed by atoms with Crippen molar-refractivity contribution in [3.8, 4) is 5.75 Å². The number of pyridine rings is 1. The number of benzene rings is 1. The van der Waals surface area contributed by atoms with Crippen molar-refractivity contribution in [2.75, 3.05) is 0 Å². The Kier molecular flexibility index (Phi) is 3.67. The zero-order valence-corrected chi connectivity index (χ0v) is 12.0. The average molecular weight is 284 g/mol. The van der Waals surface area contributed by atoms with Crippen molar-refractivity contribution in [2.45, 2.75) is 19.1 Å². The lowest BCUT2D eigenvalue weighted by atomic mass is 10.1. The Morgan fingerprint density at radius 1 is 1.15 bits per heavy atom. The van der Waals surface area contributed by atoms with Crippen LogP contribution in [0.2, 0.25) is 0 Å². The van der Waals surface area contributed by atoms with E-state index in [1.807, 2.05) is 48.7 Å². The zero-order valence-electron chi connectivity index (χ0n) is 11.2. The number of thiophene rings is 1. The van der Waals surface area contributed by atoms with Crippen molar-refractivity contribution in [1.82, 2.24) is 4.98 Å². The van der Waals surface area contributed by atoms with Gasteiger partial charge in [-0.1, -0.05) is 24.3 Å². The van der Waals surface area contributed by atoms with Crippen LogP contribution in [0.3, 0.4) is 0 Å². The van der Waals surface area contributed by atoms with E-state index in [2.05, 4.69) is 11.1 Å². The Bertz CT molecular complexity index is 689. The summed E-state index contributed by atoms with van der Waals surface area (Å²) in [6, 6.07) is 13.9. The molecular weight excluding hydrogens is 268 g/mol. The normalized spacial score (nSPS) is 14.1. The van der Waals surface area contributed by atoms with Gasteiger partial charge in [0.1, 0.15) is 17.4 Å². The molecule has 0 spiro atoms. The molecule has 0 aliphatic carbocycles. The third kappa shape index (κ3) is 2.53. The van der Waals surface area contributed by atoms with Crippen molar-refractivity contribution in [2.24, 2.45) is 5.73 Å². The smallest absolute Gasteiger partial charge is 0.148 e. The molecule has 0 amide bonds. The topological polar surface area (TPSA) is 48.1 Å². The summed E-state index contributed by atoms with van der Waals surface area (Å²) >= 11 is 1.66. The van der Waals surface area contributed by atoms with E-state index in [1.165, 1.54) is 0 Å². The molecule has 2 atom stereocenters. The number of hydrogen-bond acceptors (Lipinski definition) is 4. The second kappa shape index (κ2) is 5.61. The predicted octanol–water partition coefficient (Wildman–Crippen LogP) is 3.76. The van der Waals surface area contributed by atoms with Gasteiger partial charge >= 0.3 is 0 Å². The largest absolute Gasteiger partial charge is 0.481 e. The second-order valence-corrected chi connectivity index (χ2v) is 5.72. The fraction of sp³-hybridized carbons (Fsp3) is 0.188. The summed E-state index contributed by atoms with van der Waals surface area (Å²) in [6.07, 6.45) is 1.63. The van der Waals surface area contributed by atoms with Gasteiger partial charge in [0.15, 0.2) is 0 Å². The minimum Gasteiger partial charge on any atom is -0.481 e. The van der Waals surface area contributed by atoms with E-state index in [-0.39, 0.29) is 12.1 Å². The number of nitrogens with zero attached hydrogens (tertiary/aromatic N) is 1. The highest BCUT2D eigenvalue weighted by Gasteiger charge is 2.20. The summed E-state index contributed by atoms with van der Waals surface area (Å²) in [4.78, 5) is 5.54. The fourth-order valence-corrected chi connectivity index (χ4v) is 3.05. The molecule has 102 valence electrons. The molecule has 1 aromatic carbocycles. The lowest BCUT2D eigenvalue weighted by Gasteiger charge is -2.22. The van der Waals surface area contributed by atoms with Gasteiger partial charge in [0.05, 0.1) is 0 Å². The van der Waals surface area contributed by atoms with E-state index < -0.39 is 0 Å². The molecule has 3 rings (SSSR count). The van der Waals surface area contributed by atoms with E-state index in [4.69, 9.17) is 10.5 Å². The Balaban J connectivity index is 1.99. The first-order valence-electron chi connectivity index (χ1n) is 6.55. The number of para-hydroxylation sites is 1. The van der Waals surface area contributed by atoms with Gasteiger partial charge < -0.3 is 10.5 Å². The van der Waals surface area contributed by atoms with Gasteiger partial charge in [-0.15, -0.1) is 11.3 Å². The first-order chi connectivity index (χ1) is 9.75. The van der Waals surface area contributed by atoms with Gasteiger partial charge in [-0.25, -0.2) is 0 Å². The summed E-state index contributed by atoms with van der Waals surface area (Å²) in [6.45, 7) is 1.96. The Hall–Kier alpha value is -1.91. The Morgan fingerprint density at radius 2 is 2.00 bits per heavy atom. The summed E-state index contributed by atoms with van der Waals surface area (Å²) < 4.78 is 6.16. The third-order valence-corrected chi connectivity index (χ3v) is 4.08. The molecule has 2 N–H and O–H groups in total. The van der Waals surface area contributed by atoms with Crippen LogP contribution in [-0.2, 0) is 0 Å². The van der Waals surface area contributed by atoms with Crippen LogP contribution in [0.25, 0.3) is 10.9 Å². The number of ether oxygens (including phenoxy) is 1. The molecule has 0 fully saturated rings. The summed E-state index contributed by atoms with van der Waals surface area (Å²) in [7, 11) is 0. The van der Waals surface area contributed by atoms with Crippen molar-refractivity contribution in [1.29, 1.82) is 0 Å². The van der Waals surface area contributed by atoms with Crippen LogP contribution in [0.4, 0.5) is 0 Å². The molecule has 0 radical (unpaired) electrons. The van der Waals surface area contributed by atoms with Crippen LogP contribution < -0.4 is 10.5 Å². The molecular formula is C16H16N2OS. The molecule has 3 aromatic rings. The lowest BCUT2D eigenvalue weighted by Crippen LogP contribution is -2.28. The Morgan fingerprint density at radius 3 is 2.75 bits per heavy atom. The predicted molar refractivity (Wildman–Crippen MR) is 83.1 cm³/mol. The average Bonchev–Trinajstić information content (AvgIpc) is 2.98. The van der Waals surface area contributed by atoms with Gasteiger partial charge in [0.2, 0.25) is 0 Å². The van der Waals surface area contributed by atoms with Gasteiger partial charge in [0, 0.05) is 22.5 Å². The minimum absolute atomic E-state index is 0.0902. The number of hydrogen-bond donors (Lipinski definition) is 1. The van der Waals surface area contributed by atoms with E-state index in [0.29, 0.717) is 0 Å². The lowest BCUT2D eigenvalue weighted by molar-refractivity contribution is 0.186. The second-order valence-electron chi connectivity index (χ2n) is 4.74. The maximum atomic E-state index is 6.16.